The van der Waals surface area contributed by atoms with Crippen LogP contribution in [-0.2, 0) is 19.1 Å². The van der Waals surface area contributed by atoms with Crippen LogP contribution in [0.5, 0.6) is 0 Å². The molecule has 0 fully saturated rings. The molecule has 0 amide bonds. The molecule has 0 radical (unpaired) electrons. The van der Waals surface area contributed by atoms with Crippen molar-refractivity contribution >= 4 is 34.7 Å². The fourth-order valence-corrected chi connectivity index (χ4v) is 3.76. The van der Waals surface area contributed by atoms with Crippen LogP contribution in [0.25, 0.3) is 0 Å². The predicted octanol–water partition coefficient (Wildman–Crippen LogP) is 8.17. The Morgan fingerprint density at radius 1 is 0.755 bits per heavy atom. The third kappa shape index (κ3) is 8.48. The molecule has 2 aromatic carbocycles. The molecule has 0 spiro atoms. The van der Waals surface area contributed by atoms with Crippen molar-refractivity contribution in [2.75, 3.05) is 31.2 Å². The Labute approximate surface area is 284 Å². The Hall–Kier alpha value is -5.38. The summed E-state index contributed by atoms with van der Waals surface area (Å²) in [6.07, 6.45) is -7.78. The van der Waals surface area contributed by atoms with E-state index in [-0.39, 0.29) is 22.6 Å². The van der Waals surface area contributed by atoms with Crippen LogP contribution in [0.2, 0.25) is 0 Å². The van der Waals surface area contributed by atoms with Crippen LogP contribution in [0.1, 0.15) is 12.5 Å². The summed E-state index contributed by atoms with van der Waals surface area (Å²) >= 11 is 0. The van der Waals surface area contributed by atoms with Crippen LogP contribution in [0.15, 0.2) is 52.7 Å². The van der Waals surface area contributed by atoms with Crippen LogP contribution < -0.4 is 4.90 Å². The minimum atomic E-state index is -8.58. The summed E-state index contributed by atoms with van der Waals surface area (Å²) in [5.74, 6) is -53.8. The van der Waals surface area contributed by atoms with Gasteiger partial charge in [0.15, 0.2) is 0 Å². The molecule has 2 aromatic rings. The summed E-state index contributed by atoms with van der Waals surface area (Å²) in [6.45, 7) is -2.48. The number of nitrogens with zero attached hydrogens (tertiary/aromatic N) is 5. The summed E-state index contributed by atoms with van der Waals surface area (Å²) in [5, 5.41) is 27.6. The second-order valence-electron chi connectivity index (χ2n) is 10.2. The molecule has 11 nitrogen and oxygen atoms in total. The summed E-state index contributed by atoms with van der Waals surface area (Å²) < 4.78 is 210. The molecule has 0 saturated carbocycles. The molecular weight excluding hydrogens is 775 g/mol. The average molecular weight is 793 g/mol. The van der Waals surface area contributed by atoms with Crippen LogP contribution in [0.3, 0.4) is 0 Å². The number of halogens is 15. The number of azo groups is 1. The van der Waals surface area contributed by atoms with E-state index in [1.54, 1.807) is 6.07 Å². The molecule has 292 valence electrons. The topological polar surface area (TPSA) is 147 Å². The molecular formula is C27H18F15N5O6. The van der Waals surface area contributed by atoms with Gasteiger partial charge in [-0.1, -0.05) is 0 Å². The first kappa shape index (κ1) is 43.8. The largest absolute Gasteiger partial charge is 0.464 e. The fourth-order valence-electron chi connectivity index (χ4n) is 3.76. The number of carbonyl (C=O) groups excluding carboxylic acids is 2. The van der Waals surface area contributed by atoms with E-state index in [1.807, 2.05) is 0 Å². The highest BCUT2D eigenvalue weighted by Gasteiger charge is 2.94. The van der Waals surface area contributed by atoms with E-state index in [1.165, 1.54) is 12.1 Å². The van der Waals surface area contributed by atoms with Crippen molar-refractivity contribution < 1.29 is 89.8 Å². The Morgan fingerprint density at radius 2 is 1.25 bits per heavy atom. The number of carbonyl (C=O) groups is 2. The number of non-ortho nitro benzene ring substituents is 1. The predicted molar refractivity (Wildman–Crippen MR) is 144 cm³/mol. The van der Waals surface area contributed by atoms with E-state index < -0.39 is 90.6 Å². The number of nitro benzene ring substituents is 1. The first-order chi connectivity index (χ1) is 24.0. The lowest BCUT2D eigenvalue weighted by atomic mass is 9.91. The molecule has 0 unspecified atom stereocenters. The molecule has 0 bridgehead atoms. The van der Waals surface area contributed by atoms with Gasteiger partial charge in [-0.2, -0.15) is 76.2 Å². The van der Waals surface area contributed by atoms with Crippen molar-refractivity contribution in [2.45, 2.75) is 48.6 Å². The highest BCUT2D eigenvalue weighted by Crippen LogP contribution is 2.62. The lowest BCUT2D eigenvalue weighted by molar-refractivity contribution is -0.450. The van der Waals surface area contributed by atoms with E-state index in [9.17, 15) is 90.8 Å². The van der Waals surface area contributed by atoms with Gasteiger partial charge in [0, 0.05) is 24.7 Å². The third-order valence-corrected chi connectivity index (χ3v) is 6.64. The van der Waals surface area contributed by atoms with E-state index >= 15 is 0 Å². The van der Waals surface area contributed by atoms with E-state index in [4.69, 9.17) is 0 Å². The molecule has 2 rings (SSSR count). The van der Waals surface area contributed by atoms with Crippen LogP contribution in [0.4, 0.5) is 88.6 Å². The van der Waals surface area contributed by atoms with E-state index in [2.05, 4.69) is 19.7 Å². The smallest absolute Gasteiger partial charge is 0.460 e. The first-order valence-electron chi connectivity index (χ1n) is 13.6. The van der Waals surface area contributed by atoms with Crippen molar-refractivity contribution in [2.24, 2.45) is 10.2 Å². The van der Waals surface area contributed by atoms with Gasteiger partial charge >= 0.3 is 53.7 Å². The maximum absolute atomic E-state index is 14.2. The lowest BCUT2D eigenvalue weighted by Gasteiger charge is -2.40. The van der Waals surface area contributed by atoms with Crippen LogP contribution in [0, 0.1) is 21.4 Å². The normalized spacial score (nSPS) is 13.4. The molecule has 0 aliphatic carbocycles. The number of rotatable bonds is 16. The van der Waals surface area contributed by atoms with Crippen molar-refractivity contribution in [1.29, 1.82) is 5.26 Å². The van der Waals surface area contributed by atoms with Gasteiger partial charge in [0.05, 0.1) is 29.3 Å². The second-order valence-corrected chi connectivity index (χ2v) is 10.2. The van der Waals surface area contributed by atoms with Crippen molar-refractivity contribution in [3.8, 4) is 6.07 Å². The van der Waals surface area contributed by atoms with Crippen molar-refractivity contribution in [3.05, 3.63) is 58.1 Å². The molecule has 26 heteroatoms. The summed E-state index contributed by atoms with van der Waals surface area (Å²) in [6, 6.07) is 9.35. The van der Waals surface area contributed by atoms with Gasteiger partial charge in [0.25, 0.3) is 5.69 Å². The third-order valence-electron chi connectivity index (χ3n) is 6.64. The number of nitriles is 1. The number of alkyl halides is 15. The SMILES string of the molecule is CC(=O)OCCN(CCOC(=O)C(F)(F)C(F)(F)C(F)(F)C(F)(F)C(F)(F)C(F)(F)C(F)(F)F)c1ccc(/N=N/c2ccc([N+](=O)[O-])cc2C#N)cc1. The van der Waals surface area contributed by atoms with Gasteiger partial charge in [-0.15, -0.1) is 5.11 Å². The minimum absolute atomic E-state index is 0.0144. The van der Waals surface area contributed by atoms with Gasteiger partial charge in [-0.05, 0) is 30.3 Å². The number of hydrogen-bond donors (Lipinski definition) is 0. The zero-order valence-electron chi connectivity index (χ0n) is 25.7. The van der Waals surface area contributed by atoms with E-state index in [0.717, 1.165) is 42.2 Å². The molecule has 0 aliphatic heterocycles. The van der Waals surface area contributed by atoms with Crippen molar-refractivity contribution in [1.82, 2.24) is 0 Å². The monoisotopic (exact) mass is 793 g/mol. The average Bonchev–Trinajstić information content (AvgIpc) is 3.05. The van der Waals surface area contributed by atoms with Gasteiger partial charge in [-0.3, -0.25) is 14.9 Å². The zero-order chi connectivity index (χ0) is 41.0. The Morgan fingerprint density at radius 3 is 1.72 bits per heavy atom. The summed E-state index contributed by atoms with van der Waals surface area (Å²) in [4.78, 5) is 33.9. The zero-order valence-corrected chi connectivity index (χ0v) is 25.7. The summed E-state index contributed by atoms with van der Waals surface area (Å²) in [5.41, 5.74) is -0.786. The molecule has 0 aliphatic rings. The lowest BCUT2D eigenvalue weighted by Crippen LogP contribution is -2.73. The van der Waals surface area contributed by atoms with Gasteiger partial charge in [0.1, 0.15) is 25.0 Å². The molecule has 0 atom stereocenters. The molecule has 53 heavy (non-hydrogen) atoms. The standard InChI is InChI=1S/C27H18F15N5O6/c1-14(48)52-10-8-46(17-4-2-16(3-5-17)44-45-19-7-6-18(47(50)51)12-15(19)13-43)9-11-53-20(49)21(28,29)22(30,31)23(32,33)24(34,35)25(36,37)26(38,39)27(40,41)42/h2-7,12H,8-11H2,1H3/b45-44+. The Balaban J connectivity index is 2.29. The Kier molecular flexibility index (Phi) is 12.6. The highest BCUT2D eigenvalue weighted by molar-refractivity contribution is 5.79. The first-order valence-corrected chi connectivity index (χ1v) is 13.6. The quantitative estimate of drug-likeness (QED) is 0.0544. The Bertz CT molecular complexity index is 1750. The molecule has 0 heterocycles. The number of ether oxygens (including phenoxy) is 2. The number of esters is 2. The van der Waals surface area contributed by atoms with Gasteiger partial charge in [-0.25, -0.2) is 4.79 Å². The van der Waals surface area contributed by atoms with E-state index in [0.29, 0.717) is 0 Å². The molecule has 0 N–H and O–H groups in total. The molecule has 0 saturated heterocycles. The summed E-state index contributed by atoms with van der Waals surface area (Å²) in [7, 11) is 0. The number of nitro groups is 1. The minimum Gasteiger partial charge on any atom is -0.464 e. The molecule has 0 aromatic heterocycles. The van der Waals surface area contributed by atoms with Crippen LogP contribution in [-0.4, -0.2) is 84.9 Å². The van der Waals surface area contributed by atoms with Gasteiger partial charge in [0.2, 0.25) is 0 Å². The van der Waals surface area contributed by atoms with Gasteiger partial charge < -0.3 is 14.4 Å². The van der Waals surface area contributed by atoms with Crippen molar-refractivity contribution in [3.63, 3.8) is 0 Å². The maximum Gasteiger partial charge on any atom is 0.460 e. The van der Waals surface area contributed by atoms with Crippen LogP contribution >= 0.6 is 0 Å². The highest BCUT2D eigenvalue weighted by atomic mass is 19.4. The fraction of sp³-hybridized carbons (Fsp3) is 0.444. The number of benzene rings is 2. The number of hydrogen-bond acceptors (Lipinski definition) is 10. The maximum atomic E-state index is 14.2. The second kappa shape index (κ2) is 15.3. The number of anilines is 1.